The molecule has 32 heavy (non-hydrogen) atoms. The summed E-state index contributed by atoms with van der Waals surface area (Å²) in [7, 11) is 0. The number of nitrogens with zero attached hydrogens (tertiary/aromatic N) is 1. The number of aromatic hydroxyl groups is 1. The highest BCUT2D eigenvalue weighted by Gasteiger charge is 2.31. The van der Waals surface area contributed by atoms with Crippen LogP contribution in [-0.2, 0) is 20.9 Å². The maximum absolute atomic E-state index is 13.1. The van der Waals surface area contributed by atoms with Crippen molar-refractivity contribution in [2.75, 3.05) is 6.54 Å². The van der Waals surface area contributed by atoms with E-state index in [0.29, 0.717) is 5.56 Å². The Morgan fingerprint density at radius 1 is 1.06 bits per heavy atom. The number of hydrogen-bond donors (Lipinski definition) is 3. The molecule has 0 heterocycles. The standard InChI is InChI=1S/C24H27N3O5/c1-5-27(20(29)16-26-23(31)32-24(2,3)4)21(18-11-13-19(28)14-12-18)22(30)25-15-17-9-7-6-8-10-17/h1,6-14,21,28H,15-16H2,2-4H3,(H,25,30)(H,26,31). The first-order valence-electron chi connectivity index (χ1n) is 9.96. The Morgan fingerprint density at radius 2 is 1.69 bits per heavy atom. The van der Waals surface area contributed by atoms with Crippen LogP contribution in [0, 0.1) is 12.5 Å². The van der Waals surface area contributed by atoms with E-state index >= 15 is 0 Å². The molecule has 2 aromatic carbocycles. The summed E-state index contributed by atoms with van der Waals surface area (Å²) in [6.07, 6.45) is 4.80. The van der Waals surface area contributed by atoms with E-state index in [1.54, 1.807) is 20.8 Å². The molecule has 0 radical (unpaired) electrons. The highest BCUT2D eigenvalue weighted by Crippen LogP contribution is 2.23. The van der Waals surface area contributed by atoms with E-state index in [-0.39, 0.29) is 12.3 Å². The second kappa shape index (κ2) is 10.9. The fraction of sp³-hybridized carbons (Fsp3) is 0.292. The van der Waals surface area contributed by atoms with Crippen LogP contribution < -0.4 is 10.6 Å². The Kier molecular flexibility index (Phi) is 8.24. The third-order valence-corrected chi connectivity index (χ3v) is 4.22. The zero-order valence-electron chi connectivity index (χ0n) is 18.3. The van der Waals surface area contributed by atoms with Crippen LogP contribution in [0.2, 0.25) is 0 Å². The summed E-state index contributed by atoms with van der Waals surface area (Å²) in [5.41, 5.74) is 0.539. The topological polar surface area (TPSA) is 108 Å². The van der Waals surface area contributed by atoms with E-state index < -0.39 is 36.1 Å². The lowest BCUT2D eigenvalue weighted by atomic mass is 10.0. The summed E-state index contributed by atoms with van der Waals surface area (Å²) < 4.78 is 5.12. The number of rotatable bonds is 7. The van der Waals surface area contributed by atoms with E-state index in [9.17, 15) is 19.5 Å². The molecule has 0 bridgehead atoms. The second-order valence-corrected chi connectivity index (χ2v) is 7.95. The molecule has 2 rings (SSSR count). The van der Waals surface area contributed by atoms with Crippen molar-refractivity contribution in [3.05, 3.63) is 65.7 Å². The van der Waals surface area contributed by atoms with Gasteiger partial charge in [0, 0.05) is 12.6 Å². The van der Waals surface area contributed by atoms with Crippen LogP contribution in [0.15, 0.2) is 54.6 Å². The van der Waals surface area contributed by atoms with Crippen LogP contribution in [0.1, 0.15) is 37.9 Å². The Morgan fingerprint density at radius 3 is 2.25 bits per heavy atom. The van der Waals surface area contributed by atoms with Crippen molar-refractivity contribution >= 4 is 17.9 Å². The monoisotopic (exact) mass is 437 g/mol. The van der Waals surface area contributed by atoms with Crippen molar-refractivity contribution in [1.29, 1.82) is 0 Å². The number of hydrogen-bond acceptors (Lipinski definition) is 5. The Hall–Kier alpha value is -3.99. The zero-order chi connectivity index (χ0) is 23.7. The van der Waals surface area contributed by atoms with Crippen molar-refractivity contribution in [1.82, 2.24) is 15.5 Å². The number of phenols is 1. The first-order chi connectivity index (χ1) is 15.1. The van der Waals surface area contributed by atoms with Crippen LogP contribution in [0.4, 0.5) is 4.79 Å². The fourth-order valence-corrected chi connectivity index (χ4v) is 2.79. The first-order valence-corrected chi connectivity index (χ1v) is 9.96. The molecule has 0 aromatic heterocycles. The molecule has 0 aliphatic carbocycles. The molecule has 0 saturated carbocycles. The second-order valence-electron chi connectivity index (χ2n) is 7.95. The minimum Gasteiger partial charge on any atom is -0.508 e. The molecule has 8 heteroatoms. The maximum Gasteiger partial charge on any atom is 0.408 e. The molecule has 2 aromatic rings. The minimum absolute atomic E-state index is 0.00219. The van der Waals surface area contributed by atoms with Gasteiger partial charge in [-0.25, -0.2) is 4.79 Å². The number of carbonyl (C=O) groups is 3. The van der Waals surface area contributed by atoms with Gasteiger partial charge in [-0.1, -0.05) is 48.9 Å². The molecule has 1 atom stereocenters. The highest BCUT2D eigenvalue weighted by atomic mass is 16.6. The Bertz CT molecular complexity index is 975. The van der Waals surface area contributed by atoms with Gasteiger partial charge in [0.1, 0.15) is 23.9 Å². The van der Waals surface area contributed by atoms with Gasteiger partial charge in [-0.05, 0) is 44.0 Å². The van der Waals surface area contributed by atoms with Crippen LogP contribution in [-0.4, -0.2) is 40.1 Å². The molecular formula is C24H27N3O5. The third-order valence-electron chi connectivity index (χ3n) is 4.22. The maximum atomic E-state index is 13.1. The van der Waals surface area contributed by atoms with Crippen LogP contribution >= 0.6 is 0 Å². The van der Waals surface area contributed by atoms with Crippen molar-refractivity contribution in [3.63, 3.8) is 0 Å². The lowest BCUT2D eigenvalue weighted by Gasteiger charge is -2.27. The molecule has 1 unspecified atom stereocenters. The fourth-order valence-electron chi connectivity index (χ4n) is 2.79. The predicted octanol–water partition coefficient (Wildman–Crippen LogP) is 2.69. The average Bonchev–Trinajstić information content (AvgIpc) is 2.74. The number of amides is 3. The van der Waals surface area contributed by atoms with Crippen LogP contribution in [0.5, 0.6) is 5.75 Å². The third kappa shape index (κ3) is 7.36. The smallest absolute Gasteiger partial charge is 0.408 e. The van der Waals surface area contributed by atoms with Crippen molar-refractivity contribution < 1.29 is 24.2 Å². The SMILES string of the molecule is C#CN(C(=O)CNC(=O)OC(C)(C)C)C(C(=O)NCc1ccccc1)c1ccc(O)cc1. The number of nitrogens with one attached hydrogen (secondary N) is 2. The zero-order valence-corrected chi connectivity index (χ0v) is 18.3. The molecule has 0 fully saturated rings. The Labute approximate surface area is 187 Å². The molecule has 0 spiro atoms. The molecule has 0 aliphatic rings. The normalized spacial score (nSPS) is 11.6. The van der Waals surface area contributed by atoms with Gasteiger partial charge in [0.15, 0.2) is 0 Å². The van der Waals surface area contributed by atoms with Crippen molar-refractivity contribution in [3.8, 4) is 18.2 Å². The molecule has 168 valence electrons. The van der Waals surface area contributed by atoms with Crippen LogP contribution in [0.3, 0.4) is 0 Å². The quantitative estimate of drug-likeness (QED) is 0.456. The molecule has 3 amide bonds. The molecular weight excluding hydrogens is 410 g/mol. The summed E-state index contributed by atoms with van der Waals surface area (Å²) >= 11 is 0. The average molecular weight is 437 g/mol. The van der Waals surface area contributed by atoms with Gasteiger partial charge in [-0.15, -0.1) is 0 Å². The summed E-state index contributed by atoms with van der Waals surface area (Å²) in [5, 5.41) is 14.7. The highest BCUT2D eigenvalue weighted by molar-refractivity contribution is 5.91. The van der Waals surface area contributed by atoms with E-state index in [0.717, 1.165) is 10.5 Å². The van der Waals surface area contributed by atoms with E-state index in [1.165, 1.54) is 24.3 Å². The summed E-state index contributed by atoms with van der Waals surface area (Å²) in [4.78, 5) is 38.6. The largest absolute Gasteiger partial charge is 0.508 e. The summed E-state index contributed by atoms with van der Waals surface area (Å²) in [6.45, 7) is 4.86. The van der Waals surface area contributed by atoms with Crippen LogP contribution in [0.25, 0.3) is 0 Å². The van der Waals surface area contributed by atoms with Gasteiger partial charge >= 0.3 is 6.09 Å². The van der Waals surface area contributed by atoms with E-state index in [2.05, 4.69) is 16.7 Å². The summed E-state index contributed by atoms with van der Waals surface area (Å²) in [5.74, 6) is -1.18. The van der Waals surface area contributed by atoms with E-state index in [1.807, 2.05) is 30.3 Å². The van der Waals surface area contributed by atoms with Gasteiger partial charge < -0.3 is 20.5 Å². The Balaban J connectivity index is 2.19. The molecule has 3 N–H and O–H groups in total. The lowest BCUT2D eigenvalue weighted by Crippen LogP contribution is -2.45. The number of phenolic OH excluding ortho intramolecular Hbond substituents is 1. The number of carbonyl (C=O) groups excluding carboxylic acids is 3. The van der Waals surface area contributed by atoms with Crippen molar-refractivity contribution in [2.24, 2.45) is 0 Å². The molecule has 0 aliphatic heterocycles. The van der Waals surface area contributed by atoms with Gasteiger partial charge in [0.05, 0.1) is 0 Å². The lowest BCUT2D eigenvalue weighted by molar-refractivity contribution is -0.136. The number of benzene rings is 2. The molecule has 8 nitrogen and oxygen atoms in total. The van der Waals surface area contributed by atoms with Crippen molar-refractivity contribution in [2.45, 2.75) is 39.0 Å². The first kappa shape index (κ1) is 24.3. The number of terminal acetylenes is 1. The van der Waals surface area contributed by atoms with Gasteiger partial charge in [-0.2, -0.15) is 0 Å². The summed E-state index contributed by atoms with van der Waals surface area (Å²) in [6, 6.07) is 16.1. The van der Waals surface area contributed by atoms with Gasteiger partial charge in [-0.3, -0.25) is 14.5 Å². The molecule has 0 saturated heterocycles. The number of alkyl carbamates (subject to hydrolysis) is 1. The number of ether oxygens (including phenoxy) is 1. The van der Waals surface area contributed by atoms with E-state index in [4.69, 9.17) is 11.2 Å². The predicted molar refractivity (Wildman–Crippen MR) is 119 cm³/mol. The van der Waals surface area contributed by atoms with Gasteiger partial charge in [0.25, 0.3) is 5.91 Å². The minimum atomic E-state index is -1.17. The van der Waals surface area contributed by atoms with Gasteiger partial charge in [0.2, 0.25) is 5.91 Å².